The Balaban J connectivity index is 1.52. The molecule has 0 saturated carbocycles. The Hall–Kier alpha value is -3.02. The maximum atomic E-state index is 12.3. The number of pyridine rings is 1. The standard InChI is InChI=1S/C19H21N5O/c1-13-14(2)24-18-11-15(6-7-17(18)23-13)19(25)22-10-4-9-21-16-5-3-8-20-12-16/h3,5-8,11-12,21H,4,9-10H2,1-2H3,(H,22,25). The van der Waals surface area contributed by atoms with Crippen LogP contribution in [0, 0.1) is 13.8 Å². The SMILES string of the molecule is Cc1nc2ccc(C(=O)NCCCNc3cccnc3)cc2nc1C. The van der Waals surface area contributed by atoms with Gasteiger partial charge in [0.2, 0.25) is 0 Å². The van der Waals surface area contributed by atoms with Crippen molar-refractivity contribution in [2.75, 3.05) is 18.4 Å². The first-order valence-corrected chi connectivity index (χ1v) is 8.30. The monoisotopic (exact) mass is 335 g/mol. The topological polar surface area (TPSA) is 79.8 Å². The van der Waals surface area contributed by atoms with Crippen molar-refractivity contribution in [1.29, 1.82) is 0 Å². The molecule has 0 saturated heterocycles. The molecule has 0 spiro atoms. The Kier molecular flexibility index (Phi) is 5.18. The minimum Gasteiger partial charge on any atom is -0.384 e. The van der Waals surface area contributed by atoms with E-state index in [1.807, 2.05) is 32.0 Å². The fraction of sp³-hybridized carbons (Fsp3) is 0.263. The van der Waals surface area contributed by atoms with Gasteiger partial charge in [-0.25, -0.2) is 9.97 Å². The number of anilines is 1. The molecule has 1 aromatic carbocycles. The third kappa shape index (κ3) is 4.29. The predicted molar refractivity (Wildman–Crippen MR) is 98.7 cm³/mol. The van der Waals surface area contributed by atoms with Gasteiger partial charge >= 0.3 is 0 Å². The van der Waals surface area contributed by atoms with Crippen LogP contribution in [0.4, 0.5) is 5.69 Å². The van der Waals surface area contributed by atoms with Crippen molar-refractivity contribution < 1.29 is 4.79 Å². The number of hydrogen-bond donors (Lipinski definition) is 2. The molecule has 25 heavy (non-hydrogen) atoms. The number of rotatable bonds is 6. The van der Waals surface area contributed by atoms with Crippen LogP contribution in [0.3, 0.4) is 0 Å². The molecule has 0 aliphatic heterocycles. The van der Waals surface area contributed by atoms with E-state index in [0.717, 1.165) is 41.1 Å². The average Bonchev–Trinajstić information content (AvgIpc) is 2.63. The second kappa shape index (κ2) is 7.70. The van der Waals surface area contributed by atoms with Crippen molar-refractivity contribution in [3.8, 4) is 0 Å². The first-order valence-electron chi connectivity index (χ1n) is 8.30. The third-order valence-corrected chi connectivity index (χ3v) is 3.97. The molecule has 0 fully saturated rings. The zero-order chi connectivity index (χ0) is 17.6. The number of hydrogen-bond acceptors (Lipinski definition) is 5. The molecule has 0 aliphatic rings. The number of fused-ring (bicyclic) bond motifs is 1. The molecular weight excluding hydrogens is 314 g/mol. The van der Waals surface area contributed by atoms with Crippen molar-refractivity contribution in [3.05, 3.63) is 59.7 Å². The molecule has 0 aliphatic carbocycles. The molecule has 2 heterocycles. The summed E-state index contributed by atoms with van der Waals surface area (Å²) in [7, 11) is 0. The van der Waals surface area contributed by atoms with E-state index in [1.54, 1.807) is 24.5 Å². The molecule has 0 bridgehead atoms. The van der Waals surface area contributed by atoms with Crippen LogP contribution < -0.4 is 10.6 Å². The van der Waals surface area contributed by atoms with Crippen LogP contribution in [0.1, 0.15) is 28.2 Å². The van der Waals surface area contributed by atoms with Crippen molar-refractivity contribution in [3.63, 3.8) is 0 Å². The van der Waals surface area contributed by atoms with Gasteiger partial charge in [-0.1, -0.05) is 0 Å². The second-order valence-corrected chi connectivity index (χ2v) is 5.88. The van der Waals surface area contributed by atoms with Gasteiger partial charge in [0.1, 0.15) is 0 Å². The van der Waals surface area contributed by atoms with Crippen LogP contribution in [0.25, 0.3) is 11.0 Å². The van der Waals surface area contributed by atoms with Crippen LogP contribution in [0.2, 0.25) is 0 Å². The van der Waals surface area contributed by atoms with E-state index < -0.39 is 0 Å². The van der Waals surface area contributed by atoms with Crippen molar-refractivity contribution >= 4 is 22.6 Å². The molecule has 0 unspecified atom stereocenters. The van der Waals surface area contributed by atoms with Gasteiger partial charge < -0.3 is 10.6 Å². The van der Waals surface area contributed by atoms with Gasteiger partial charge in [-0.05, 0) is 50.6 Å². The maximum absolute atomic E-state index is 12.3. The summed E-state index contributed by atoms with van der Waals surface area (Å²) in [5, 5.41) is 6.19. The Morgan fingerprint density at radius 3 is 2.60 bits per heavy atom. The van der Waals surface area contributed by atoms with Gasteiger partial charge in [-0.2, -0.15) is 0 Å². The van der Waals surface area contributed by atoms with Gasteiger partial charge in [0.05, 0.1) is 28.1 Å². The lowest BCUT2D eigenvalue weighted by Gasteiger charge is -2.08. The third-order valence-electron chi connectivity index (χ3n) is 3.97. The number of carbonyl (C=O) groups excluding carboxylic acids is 1. The lowest BCUT2D eigenvalue weighted by Crippen LogP contribution is -2.25. The Labute approximate surface area is 146 Å². The van der Waals surface area contributed by atoms with E-state index in [-0.39, 0.29) is 5.91 Å². The summed E-state index contributed by atoms with van der Waals surface area (Å²) in [5.41, 5.74) is 4.92. The molecule has 3 rings (SSSR count). The minimum atomic E-state index is -0.0942. The number of benzene rings is 1. The molecule has 6 nitrogen and oxygen atoms in total. The number of aryl methyl sites for hydroxylation is 2. The zero-order valence-corrected chi connectivity index (χ0v) is 14.4. The predicted octanol–water partition coefficient (Wildman–Crippen LogP) is 2.87. The van der Waals surface area contributed by atoms with E-state index in [4.69, 9.17) is 0 Å². The highest BCUT2D eigenvalue weighted by Crippen LogP contribution is 2.14. The van der Waals surface area contributed by atoms with Gasteiger partial charge in [0.15, 0.2) is 0 Å². The molecule has 6 heteroatoms. The summed E-state index contributed by atoms with van der Waals surface area (Å²) in [6.07, 6.45) is 4.34. The molecular formula is C19H21N5O. The van der Waals surface area contributed by atoms with Gasteiger partial charge in [-0.3, -0.25) is 9.78 Å². The quantitative estimate of drug-likeness (QED) is 0.677. The minimum absolute atomic E-state index is 0.0942. The number of amides is 1. The normalized spacial score (nSPS) is 10.6. The summed E-state index contributed by atoms with van der Waals surface area (Å²) >= 11 is 0. The fourth-order valence-corrected chi connectivity index (χ4v) is 2.46. The summed E-state index contributed by atoms with van der Waals surface area (Å²) < 4.78 is 0. The molecule has 128 valence electrons. The highest BCUT2D eigenvalue weighted by Gasteiger charge is 2.08. The lowest BCUT2D eigenvalue weighted by atomic mass is 10.1. The van der Waals surface area contributed by atoms with E-state index in [0.29, 0.717) is 12.1 Å². The average molecular weight is 335 g/mol. The first-order chi connectivity index (χ1) is 12.1. The summed E-state index contributed by atoms with van der Waals surface area (Å²) in [4.78, 5) is 25.3. The van der Waals surface area contributed by atoms with Crippen molar-refractivity contribution in [1.82, 2.24) is 20.3 Å². The van der Waals surface area contributed by atoms with Crippen LogP contribution in [0.5, 0.6) is 0 Å². The van der Waals surface area contributed by atoms with Crippen LogP contribution in [-0.2, 0) is 0 Å². The smallest absolute Gasteiger partial charge is 0.251 e. The molecule has 0 atom stereocenters. The number of aromatic nitrogens is 3. The van der Waals surface area contributed by atoms with E-state index in [1.165, 1.54) is 0 Å². The van der Waals surface area contributed by atoms with E-state index in [2.05, 4.69) is 25.6 Å². The summed E-state index contributed by atoms with van der Waals surface area (Å²) in [6, 6.07) is 9.27. The van der Waals surface area contributed by atoms with Crippen LogP contribution in [0.15, 0.2) is 42.7 Å². The lowest BCUT2D eigenvalue weighted by molar-refractivity contribution is 0.0953. The van der Waals surface area contributed by atoms with Crippen LogP contribution in [-0.4, -0.2) is 33.9 Å². The first kappa shape index (κ1) is 16.8. The summed E-state index contributed by atoms with van der Waals surface area (Å²) in [5.74, 6) is -0.0942. The fourth-order valence-electron chi connectivity index (χ4n) is 2.46. The number of nitrogens with zero attached hydrogens (tertiary/aromatic N) is 3. The second-order valence-electron chi connectivity index (χ2n) is 5.88. The Morgan fingerprint density at radius 2 is 1.84 bits per heavy atom. The van der Waals surface area contributed by atoms with Crippen LogP contribution >= 0.6 is 0 Å². The summed E-state index contributed by atoms with van der Waals surface area (Å²) in [6.45, 7) is 5.22. The largest absolute Gasteiger partial charge is 0.384 e. The molecule has 3 aromatic rings. The molecule has 0 radical (unpaired) electrons. The Morgan fingerprint density at radius 1 is 1.04 bits per heavy atom. The molecule has 1 amide bonds. The van der Waals surface area contributed by atoms with Gasteiger partial charge in [-0.15, -0.1) is 0 Å². The highest BCUT2D eigenvalue weighted by atomic mass is 16.1. The number of carbonyl (C=O) groups is 1. The maximum Gasteiger partial charge on any atom is 0.251 e. The van der Waals surface area contributed by atoms with Gasteiger partial charge in [0.25, 0.3) is 5.91 Å². The van der Waals surface area contributed by atoms with Crippen molar-refractivity contribution in [2.24, 2.45) is 0 Å². The molecule has 2 N–H and O–H groups in total. The molecule has 2 aromatic heterocycles. The number of nitrogens with one attached hydrogen (secondary N) is 2. The Bertz CT molecular complexity index is 880. The zero-order valence-electron chi connectivity index (χ0n) is 14.4. The van der Waals surface area contributed by atoms with Crippen molar-refractivity contribution in [2.45, 2.75) is 20.3 Å². The highest BCUT2D eigenvalue weighted by molar-refractivity contribution is 5.97. The van der Waals surface area contributed by atoms with E-state index >= 15 is 0 Å². The van der Waals surface area contributed by atoms with E-state index in [9.17, 15) is 4.79 Å². The van der Waals surface area contributed by atoms with Gasteiger partial charge in [0, 0.05) is 31.0 Å².